The van der Waals surface area contributed by atoms with Gasteiger partial charge in [0.1, 0.15) is 11.2 Å². The summed E-state index contributed by atoms with van der Waals surface area (Å²) in [5.41, 5.74) is 2.20. The van der Waals surface area contributed by atoms with Crippen LogP contribution in [-0.4, -0.2) is 59.3 Å². The Bertz CT molecular complexity index is 1270. The Kier molecular flexibility index (Phi) is 5.77. The number of carbonyl (C=O) groups is 1. The molecule has 0 bridgehead atoms. The second-order valence-corrected chi connectivity index (χ2v) is 11.6. The molecule has 0 atom stereocenters. The number of nitrogens with zero attached hydrogens (tertiary/aromatic N) is 4. The number of halogens is 3. The summed E-state index contributed by atoms with van der Waals surface area (Å²) in [6.07, 6.45) is 8.32. The Morgan fingerprint density at radius 3 is 2.37 bits per heavy atom. The lowest BCUT2D eigenvalue weighted by Gasteiger charge is -2.40. The molecule has 35 heavy (non-hydrogen) atoms. The van der Waals surface area contributed by atoms with Crippen molar-refractivity contribution < 1.29 is 13.6 Å². The monoisotopic (exact) mass is 590 g/mol. The predicted molar refractivity (Wildman–Crippen MR) is 140 cm³/mol. The Labute approximate surface area is 217 Å². The molecule has 5 nitrogen and oxygen atoms in total. The van der Waals surface area contributed by atoms with Gasteiger partial charge in [-0.05, 0) is 78.0 Å². The maximum absolute atomic E-state index is 14.2. The SMILES string of the molecule is O=C(c1ccc(I)cc1N1CCC2(CC1)CC2)N1CC=c2cccnc2=C1N1CCC(F)(F)CC1. The molecule has 1 saturated carbocycles. The Morgan fingerprint density at radius 2 is 1.66 bits per heavy atom. The number of carbonyl (C=O) groups excluding carboxylic acids is 1. The zero-order valence-electron chi connectivity index (χ0n) is 19.7. The van der Waals surface area contributed by atoms with Crippen LogP contribution in [0.15, 0.2) is 36.5 Å². The summed E-state index contributed by atoms with van der Waals surface area (Å²) >= 11 is 2.31. The fourth-order valence-electron chi connectivity index (χ4n) is 5.71. The lowest BCUT2D eigenvalue weighted by atomic mass is 9.93. The number of benzene rings is 1. The third-order valence-corrected chi connectivity index (χ3v) is 8.82. The molecule has 3 aliphatic heterocycles. The van der Waals surface area contributed by atoms with Gasteiger partial charge in [-0.3, -0.25) is 14.7 Å². The normalized spacial score (nSPS) is 22.6. The number of alkyl halides is 2. The number of likely N-dealkylation sites (tertiary alicyclic amines) is 1. The van der Waals surface area contributed by atoms with Crippen LogP contribution in [0.2, 0.25) is 0 Å². The summed E-state index contributed by atoms with van der Waals surface area (Å²) in [7, 11) is 0. The third-order valence-electron chi connectivity index (χ3n) is 8.15. The van der Waals surface area contributed by atoms with Crippen molar-refractivity contribution in [1.82, 2.24) is 14.8 Å². The van der Waals surface area contributed by atoms with Crippen LogP contribution in [0, 0.1) is 8.99 Å². The molecule has 6 rings (SSSR count). The first-order valence-electron chi connectivity index (χ1n) is 12.5. The van der Waals surface area contributed by atoms with Crippen LogP contribution in [0.1, 0.15) is 48.9 Å². The molecule has 1 amide bonds. The number of anilines is 1. The molecular weight excluding hydrogens is 561 g/mol. The van der Waals surface area contributed by atoms with Gasteiger partial charge in [0.15, 0.2) is 0 Å². The minimum Gasteiger partial charge on any atom is -0.371 e. The quantitative estimate of drug-likeness (QED) is 0.511. The van der Waals surface area contributed by atoms with Gasteiger partial charge in [0.05, 0.1) is 11.3 Å². The molecule has 3 fully saturated rings. The molecule has 2 saturated heterocycles. The summed E-state index contributed by atoms with van der Waals surface area (Å²) < 4.78 is 29.0. The minimum atomic E-state index is -2.66. The molecule has 1 aromatic heterocycles. The molecule has 0 unspecified atom stereocenters. The third kappa shape index (κ3) is 4.42. The van der Waals surface area contributed by atoms with Gasteiger partial charge >= 0.3 is 0 Å². The number of amides is 1. The van der Waals surface area contributed by atoms with E-state index in [4.69, 9.17) is 0 Å². The van der Waals surface area contributed by atoms with Crippen molar-refractivity contribution in [3.8, 4) is 0 Å². The van der Waals surface area contributed by atoms with Crippen LogP contribution < -0.4 is 15.5 Å². The zero-order chi connectivity index (χ0) is 24.2. The van der Waals surface area contributed by atoms with E-state index in [0.29, 0.717) is 28.7 Å². The lowest BCUT2D eigenvalue weighted by molar-refractivity contribution is -0.0473. The molecule has 4 aliphatic rings. The smallest absolute Gasteiger partial charge is 0.261 e. The van der Waals surface area contributed by atoms with Crippen LogP contribution in [0.25, 0.3) is 11.9 Å². The van der Waals surface area contributed by atoms with E-state index in [1.165, 1.54) is 25.7 Å². The summed E-state index contributed by atoms with van der Waals surface area (Å²) in [6.45, 7) is 2.74. The van der Waals surface area contributed by atoms with E-state index in [0.717, 1.165) is 27.6 Å². The molecular formula is C27H29F2IN4O. The number of hydrogen-bond donors (Lipinski definition) is 0. The molecule has 0 N–H and O–H groups in total. The second kappa shape index (κ2) is 8.71. The van der Waals surface area contributed by atoms with Crippen LogP contribution in [-0.2, 0) is 0 Å². The average Bonchev–Trinajstić information content (AvgIpc) is 3.62. The Hall–Kier alpha value is -2.23. The van der Waals surface area contributed by atoms with Gasteiger partial charge in [-0.15, -0.1) is 0 Å². The van der Waals surface area contributed by atoms with E-state index in [1.54, 1.807) is 11.1 Å². The van der Waals surface area contributed by atoms with Gasteiger partial charge in [0.2, 0.25) is 0 Å². The van der Waals surface area contributed by atoms with Crippen molar-refractivity contribution in [1.29, 1.82) is 0 Å². The first-order chi connectivity index (χ1) is 16.8. The molecule has 1 aromatic carbocycles. The number of piperidine rings is 2. The molecule has 1 aliphatic carbocycles. The average molecular weight is 590 g/mol. The number of pyridine rings is 1. The standard InChI is InChI=1S/C27H29F2IN4O/c28-27(29)10-16-33(17-11-27)24-23-19(2-1-12-31-23)5-13-34(24)25(35)21-4-3-20(30)18-22(21)32-14-8-26(6-7-26)9-15-32/h1-5,12,18H,6-11,13-17H2. The number of aromatic nitrogens is 1. The first kappa shape index (κ1) is 23.2. The summed E-state index contributed by atoms with van der Waals surface area (Å²) in [6, 6.07) is 9.86. The summed E-state index contributed by atoms with van der Waals surface area (Å²) in [5, 5.41) is 1.63. The van der Waals surface area contributed by atoms with Gasteiger partial charge in [0, 0.05) is 60.6 Å². The van der Waals surface area contributed by atoms with Crippen LogP contribution in [0.3, 0.4) is 0 Å². The second-order valence-electron chi connectivity index (χ2n) is 10.4. The highest BCUT2D eigenvalue weighted by molar-refractivity contribution is 14.1. The van der Waals surface area contributed by atoms with Gasteiger partial charge in [-0.2, -0.15) is 0 Å². The van der Waals surface area contributed by atoms with E-state index < -0.39 is 5.92 Å². The highest BCUT2D eigenvalue weighted by Crippen LogP contribution is 2.54. The number of hydrogen-bond acceptors (Lipinski definition) is 4. The lowest BCUT2D eigenvalue weighted by Crippen LogP contribution is -2.52. The largest absolute Gasteiger partial charge is 0.371 e. The Morgan fingerprint density at radius 1 is 0.943 bits per heavy atom. The van der Waals surface area contributed by atoms with Crippen LogP contribution in [0.5, 0.6) is 0 Å². The van der Waals surface area contributed by atoms with Crippen LogP contribution in [0.4, 0.5) is 14.5 Å². The van der Waals surface area contributed by atoms with E-state index in [-0.39, 0.29) is 31.8 Å². The first-order valence-corrected chi connectivity index (χ1v) is 13.6. The van der Waals surface area contributed by atoms with Gasteiger partial charge < -0.3 is 9.80 Å². The van der Waals surface area contributed by atoms with Gasteiger partial charge in [-0.1, -0.05) is 12.1 Å². The van der Waals surface area contributed by atoms with Crippen molar-refractivity contribution in [2.45, 2.75) is 44.4 Å². The maximum atomic E-state index is 14.2. The van der Waals surface area contributed by atoms with E-state index >= 15 is 0 Å². The van der Waals surface area contributed by atoms with Crippen molar-refractivity contribution in [2.75, 3.05) is 37.6 Å². The Balaban J connectivity index is 1.37. The van der Waals surface area contributed by atoms with Crippen molar-refractivity contribution in [3.05, 3.63) is 56.2 Å². The minimum absolute atomic E-state index is 0.0944. The highest BCUT2D eigenvalue weighted by atomic mass is 127. The van der Waals surface area contributed by atoms with Gasteiger partial charge in [0.25, 0.3) is 11.8 Å². The summed E-state index contributed by atoms with van der Waals surface area (Å²) in [4.78, 5) is 24.8. The topological polar surface area (TPSA) is 39.7 Å². The highest BCUT2D eigenvalue weighted by Gasteiger charge is 2.45. The number of rotatable bonds is 3. The maximum Gasteiger partial charge on any atom is 0.261 e. The fraction of sp³-hybridized carbons (Fsp3) is 0.481. The fourth-order valence-corrected chi connectivity index (χ4v) is 6.18. The molecule has 2 aromatic rings. The number of fused-ring (bicyclic) bond motifs is 1. The van der Waals surface area contributed by atoms with Crippen molar-refractivity contribution in [3.63, 3.8) is 0 Å². The van der Waals surface area contributed by atoms with E-state index in [2.05, 4.69) is 38.5 Å². The molecule has 1 spiro atoms. The van der Waals surface area contributed by atoms with Crippen LogP contribution >= 0.6 is 22.6 Å². The summed E-state index contributed by atoms with van der Waals surface area (Å²) in [5.74, 6) is -2.09. The molecule has 0 radical (unpaired) electrons. The van der Waals surface area contributed by atoms with Crippen molar-refractivity contribution in [2.24, 2.45) is 5.41 Å². The molecule has 4 heterocycles. The van der Waals surface area contributed by atoms with E-state index in [9.17, 15) is 13.6 Å². The van der Waals surface area contributed by atoms with E-state index in [1.807, 2.05) is 35.2 Å². The molecule has 8 heteroatoms. The van der Waals surface area contributed by atoms with Gasteiger partial charge in [-0.25, -0.2) is 8.78 Å². The van der Waals surface area contributed by atoms with Crippen molar-refractivity contribution >= 4 is 46.1 Å². The zero-order valence-corrected chi connectivity index (χ0v) is 21.8. The molecule has 184 valence electrons. The predicted octanol–water partition coefficient (Wildman–Crippen LogP) is 3.80.